The third kappa shape index (κ3) is 4.36. The molecule has 0 spiro atoms. The van der Waals surface area contributed by atoms with Crippen molar-refractivity contribution < 1.29 is 24.1 Å². The molecule has 0 saturated heterocycles. The number of pyridine rings is 1. The molecule has 0 aliphatic heterocycles. The lowest BCUT2D eigenvalue weighted by molar-refractivity contribution is 0.0692. The van der Waals surface area contributed by atoms with E-state index in [1.807, 2.05) is 20.8 Å². The fourth-order valence-electron chi connectivity index (χ4n) is 3.83. The van der Waals surface area contributed by atoms with Crippen LogP contribution in [0.3, 0.4) is 0 Å². The van der Waals surface area contributed by atoms with Crippen molar-refractivity contribution in [1.82, 2.24) is 4.57 Å². The van der Waals surface area contributed by atoms with E-state index in [-0.39, 0.29) is 23.4 Å². The van der Waals surface area contributed by atoms with Crippen molar-refractivity contribution in [2.45, 2.75) is 33.2 Å². The zero-order valence-electron chi connectivity index (χ0n) is 18.3. The van der Waals surface area contributed by atoms with Crippen LogP contribution in [-0.4, -0.2) is 34.5 Å². The number of hydrogen-bond acceptors (Lipinski definition) is 4. The number of hydrogen-bond donors (Lipinski definition) is 2. The Hall–Kier alpha value is -2.90. The molecule has 2 N–H and O–H groups in total. The molecule has 0 radical (unpaired) electrons. The molecule has 0 saturated carbocycles. The van der Waals surface area contributed by atoms with E-state index in [1.165, 1.54) is 25.4 Å². The smallest absolute Gasteiger partial charge is 0.341 e. The van der Waals surface area contributed by atoms with Gasteiger partial charge >= 0.3 is 5.97 Å². The lowest BCUT2D eigenvalue weighted by atomic mass is 9.86. The van der Waals surface area contributed by atoms with Gasteiger partial charge in [0, 0.05) is 24.1 Å². The average molecular weight is 462 g/mol. The second kappa shape index (κ2) is 8.92. The first-order valence-corrected chi connectivity index (χ1v) is 10.4. The zero-order chi connectivity index (χ0) is 23.8. The molecule has 0 aliphatic carbocycles. The molecule has 1 atom stereocenters. The summed E-state index contributed by atoms with van der Waals surface area (Å²) < 4.78 is 21.6. The first-order chi connectivity index (χ1) is 15.0. The number of rotatable bonds is 6. The number of aliphatic hydroxyl groups excluding tert-OH is 1. The fourth-order valence-corrected chi connectivity index (χ4v) is 4.02. The SMILES string of the molecule is COc1cc2c(cc1Cc1cccc(Cl)c1F)c(=O)c(C(=O)O)cn2[C@H](CO)C(C)(C)C. The minimum atomic E-state index is -1.37. The third-order valence-corrected chi connectivity index (χ3v) is 5.88. The average Bonchev–Trinajstić information content (AvgIpc) is 2.72. The van der Waals surface area contributed by atoms with Crippen molar-refractivity contribution in [3.05, 3.63) is 74.3 Å². The van der Waals surface area contributed by atoms with Gasteiger partial charge in [-0.3, -0.25) is 4.79 Å². The summed E-state index contributed by atoms with van der Waals surface area (Å²) in [5, 5.41) is 19.8. The van der Waals surface area contributed by atoms with E-state index in [1.54, 1.807) is 22.8 Å². The van der Waals surface area contributed by atoms with Gasteiger partial charge in [-0.2, -0.15) is 0 Å². The second-order valence-electron chi connectivity index (χ2n) is 8.72. The van der Waals surface area contributed by atoms with Crippen LogP contribution in [0.4, 0.5) is 4.39 Å². The standard InChI is InChI=1S/C24H25ClFNO5/c1-24(2,3)20(12-28)27-11-16(23(30)31)22(29)15-9-14(19(32-4)10-18(15)27)8-13-6-5-7-17(25)21(13)26/h5-7,9-11,20,28H,8,12H2,1-4H3,(H,30,31)/t20-/m1/s1. The maximum Gasteiger partial charge on any atom is 0.341 e. The number of carboxylic acid groups (broad SMARTS) is 1. The number of fused-ring (bicyclic) bond motifs is 1. The third-order valence-electron chi connectivity index (χ3n) is 5.59. The van der Waals surface area contributed by atoms with Crippen LogP contribution in [0.25, 0.3) is 10.9 Å². The van der Waals surface area contributed by atoms with Crippen LogP contribution in [0, 0.1) is 11.2 Å². The van der Waals surface area contributed by atoms with Gasteiger partial charge in [-0.05, 0) is 28.7 Å². The van der Waals surface area contributed by atoms with E-state index in [9.17, 15) is 24.2 Å². The van der Waals surface area contributed by atoms with Crippen molar-refractivity contribution in [2.24, 2.45) is 5.41 Å². The predicted octanol–water partition coefficient (Wildman–Crippen LogP) is 4.67. The van der Waals surface area contributed by atoms with Crippen LogP contribution in [0.1, 0.15) is 48.3 Å². The lowest BCUT2D eigenvalue weighted by Gasteiger charge is -2.33. The maximum absolute atomic E-state index is 14.5. The summed E-state index contributed by atoms with van der Waals surface area (Å²) in [5.41, 5.74) is -0.282. The van der Waals surface area contributed by atoms with Gasteiger partial charge in [-0.1, -0.05) is 44.5 Å². The molecule has 0 unspecified atom stereocenters. The minimum Gasteiger partial charge on any atom is -0.496 e. The number of aromatic carboxylic acids is 1. The molecule has 32 heavy (non-hydrogen) atoms. The number of aliphatic hydroxyl groups is 1. The maximum atomic E-state index is 14.5. The first kappa shape index (κ1) is 23.8. The van der Waals surface area contributed by atoms with E-state index >= 15 is 0 Å². The Morgan fingerprint density at radius 1 is 1.25 bits per heavy atom. The van der Waals surface area contributed by atoms with E-state index in [0.717, 1.165) is 0 Å². The number of aromatic nitrogens is 1. The highest BCUT2D eigenvalue weighted by molar-refractivity contribution is 6.30. The number of benzene rings is 2. The molecule has 3 aromatic rings. The Morgan fingerprint density at radius 3 is 2.50 bits per heavy atom. The summed E-state index contributed by atoms with van der Waals surface area (Å²) in [7, 11) is 1.46. The van der Waals surface area contributed by atoms with E-state index in [4.69, 9.17) is 16.3 Å². The molecular weight excluding hydrogens is 437 g/mol. The van der Waals surface area contributed by atoms with E-state index in [2.05, 4.69) is 0 Å². The fraction of sp³-hybridized carbons (Fsp3) is 0.333. The Labute approximate surface area is 189 Å². The van der Waals surface area contributed by atoms with Crippen LogP contribution in [0.15, 0.2) is 41.3 Å². The normalized spacial score (nSPS) is 12.7. The summed E-state index contributed by atoms with van der Waals surface area (Å²) in [6, 6.07) is 7.28. The molecule has 0 amide bonds. The van der Waals surface area contributed by atoms with Crippen molar-refractivity contribution in [2.75, 3.05) is 13.7 Å². The Bertz CT molecular complexity index is 1250. The van der Waals surface area contributed by atoms with Crippen molar-refractivity contribution in [3.8, 4) is 5.75 Å². The molecule has 1 heterocycles. The molecular formula is C24H25ClFNO5. The van der Waals surface area contributed by atoms with Gasteiger partial charge in [-0.25, -0.2) is 9.18 Å². The van der Waals surface area contributed by atoms with E-state index in [0.29, 0.717) is 22.4 Å². The largest absolute Gasteiger partial charge is 0.496 e. The lowest BCUT2D eigenvalue weighted by Crippen LogP contribution is -2.30. The van der Waals surface area contributed by atoms with Crippen molar-refractivity contribution in [1.29, 1.82) is 0 Å². The Kier molecular flexibility index (Phi) is 6.62. The zero-order valence-corrected chi connectivity index (χ0v) is 19.0. The van der Waals surface area contributed by atoms with Crippen molar-refractivity contribution >= 4 is 28.5 Å². The predicted molar refractivity (Wildman–Crippen MR) is 122 cm³/mol. The number of carboxylic acids is 1. The number of nitrogens with zero attached hydrogens (tertiary/aromatic N) is 1. The highest BCUT2D eigenvalue weighted by Crippen LogP contribution is 2.35. The van der Waals surface area contributed by atoms with Gasteiger partial charge in [0.15, 0.2) is 0 Å². The molecule has 0 fully saturated rings. The number of ether oxygens (including phenoxy) is 1. The molecule has 0 bridgehead atoms. The number of halogens is 2. The molecule has 6 nitrogen and oxygen atoms in total. The van der Waals surface area contributed by atoms with Gasteiger partial charge in [0.05, 0.1) is 30.3 Å². The molecule has 8 heteroatoms. The number of methoxy groups -OCH3 is 1. The summed E-state index contributed by atoms with van der Waals surface area (Å²) in [5.74, 6) is -1.53. The minimum absolute atomic E-state index is 0.0197. The summed E-state index contributed by atoms with van der Waals surface area (Å²) in [6.07, 6.45) is 1.35. The van der Waals surface area contributed by atoms with Gasteiger partial charge in [0.2, 0.25) is 5.43 Å². The number of carbonyl (C=O) groups is 1. The van der Waals surface area contributed by atoms with Crippen LogP contribution in [-0.2, 0) is 6.42 Å². The highest BCUT2D eigenvalue weighted by atomic mass is 35.5. The molecule has 3 rings (SSSR count). The molecule has 170 valence electrons. The van der Waals surface area contributed by atoms with Crippen LogP contribution < -0.4 is 10.2 Å². The summed E-state index contributed by atoms with van der Waals surface area (Å²) in [6.45, 7) is 5.46. The molecule has 0 aliphatic rings. The molecule has 2 aromatic carbocycles. The van der Waals surface area contributed by atoms with Crippen LogP contribution in [0.5, 0.6) is 5.75 Å². The van der Waals surface area contributed by atoms with Gasteiger partial charge < -0.3 is 19.5 Å². The topological polar surface area (TPSA) is 88.8 Å². The van der Waals surface area contributed by atoms with Gasteiger partial charge in [-0.15, -0.1) is 0 Å². The Balaban J connectivity index is 2.34. The quantitative estimate of drug-likeness (QED) is 0.556. The van der Waals surface area contributed by atoms with E-state index < -0.39 is 34.2 Å². The Morgan fingerprint density at radius 2 is 1.94 bits per heavy atom. The summed E-state index contributed by atoms with van der Waals surface area (Å²) >= 11 is 5.90. The monoisotopic (exact) mass is 461 g/mol. The highest BCUT2D eigenvalue weighted by Gasteiger charge is 2.28. The van der Waals surface area contributed by atoms with Crippen molar-refractivity contribution in [3.63, 3.8) is 0 Å². The van der Waals surface area contributed by atoms with Gasteiger partial charge in [0.1, 0.15) is 17.1 Å². The van der Waals surface area contributed by atoms with Crippen LogP contribution >= 0.6 is 11.6 Å². The summed E-state index contributed by atoms with van der Waals surface area (Å²) in [4.78, 5) is 24.8. The molecule has 1 aromatic heterocycles. The van der Waals surface area contributed by atoms with Gasteiger partial charge in [0.25, 0.3) is 0 Å². The second-order valence-corrected chi connectivity index (χ2v) is 9.13. The van der Waals surface area contributed by atoms with Crippen LogP contribution in [0.2, 0.25) is 5.02 Å². The first-order valence-electron chi connectivity index (χ1n) is 10.0.